The molecule has 1 heterocycles. The Bertz CT molecular complexity index is 763. The van der Waals surface area contributed by atoms with Crippen LogP contribution in [-0.4, -0.2) is 38.3 Å². The Hall–Kier alpha value is -1.66. The molecule has 1 aliphatic carbocycles. The van der Waals surface area contributed by atoms with Crippen LogP contribution < -0.4 is 5.32 Å². The Morgan fingerprint density at radius 3 is 2.41 bits per heavy atom. The van der Waals surface area contributed by atoms with E-state index in [2.05, 4.69) is 11.4 Å². The van der Waals surface area contributed by atoms with Crippen molar-refractivity contribution >= 4 is 15.9 Å². The van der Waals surface area contributed by atoms with Crippen LogP contribution in [0.15, 0.2) is 40.8 Å². The van der Waals surface area contributed by atoms with Crippen molar-refractivity contribution < 1.29 is 13.2 Å². The molecule has 3 rings (SSSR count). The zero-order chi connectivity index (χ0) is 19.1. The lowest BCUT2D eigenvalue weighted by atomic mass is 9.97. The molecular formula is C21H30N2O3S. The number of carbonyl (C=O) groups excluding carboxylic acids is 1. The van der Waals surface area contributed by atoms with Gasteiger partial charge in [-0.1, -0.05) is 30.2 Å². The molecule has 0 spiro atoms. The van der Waals surface area contributed by atoms with Crippen molar-refractivity contribution in [3.8, 4) is 0 Å². The summed E-state index contributed by atoms with van der Waals surface area (Å²) in [6.07, 6.45) is 11.3. The molecule has 0 aromatic heterocycles. The van der Waals surface area contributed by atoms with Gasteiger partial charge in [0.1, 0.15) is 0 Å². The SMILES string of the molecule is O=C(Cc1ccc(S(=O)(=O)N2CCCCC2)cc1)NCCC1=CCCCC1. The minimum Gasteiger partial charge on any atom is -0.355 e. The highest BCUT2D eigenvalue weighted by atomic mass is 32.2. The molecule has 1 aliphatic heterocycles. The Morgan fingerprint density at radius 1 is 1.00 bits per heavy atom. The predicted octanol–water partition coefficient (Wildman–Crippen LogP) is 3.41. The summed E-state index contributed by atoms with van der Waals surface area (Å²) in [5.41, 5.74) is 2.29. The van der Waals surface area contributed by atoms with Crippen molar-refractivity contribution in [1.29, 1.82) is 0 Å². The standard InChI is InChI=1S/C21H30N2O3S/c24-21(22-14-13-18-7-3-1-4-8-18)17-19-9-11-20(12-10-19)27(25,26)23-15-5-2-6-16-23/h7,9-12H,1-6,8,13-17H2,(H,22,24). The van der Waals surface area contributed by atoms with Gasteiger partial charge in [-0.2, -0.15) is 4.31 Å². The molecule has 0 atom stereocenters. The number of nitrogens with zero attached hydrogens (tertiary/aromatic N) is 1. The second-order valence-corrected chi connectivity index (χ2v) is 9.43. The molecule has 1 aromatic rings. The summed E-state index contributed by atoms with van der Waals surface area (Å²) >= 11 is 0. The van der Waals surface area contributed by atoms with Crippen LogP contribution in [0.1, 0.15) is 56.9 Å². The number of amides is 1. The molecule has 0 radical (unpaired) electrons. The lowest BCUT2D eigenvalue weighted by Gasteiger charge is -2.25. The molecular weight excluding hydrogens is 360 g/mol. The van der Waals surface area contributed by atoms with Crippen molar-refractivity contribution in [1.82, 2.24) is 9.62 Å². The molecule has 0 saturated carbocycles. The summed E-state index contributed by atoms with van der Waals surface area (Å²) in [7, 11) is -3.41. The van der Waals surface area contributed by atoms with E-state index in [0.29, 0.717) is 24.5 Å². The van der Waals surface area contributed by atoms with E-state index in [0.717, 1.165) is 44.1 Å². The van der Waals surface area contributed by atoms with Gasteiger partial charge in [-0.3, -0.25) is 4.79 Å². The Kier molecular flexibility index (Phi) is 7.07. The van der Waals surface area contributed by atoms with Crippen molar-refractivity contribution in [2.24, 2.45) is 0 Å². The zero-order valence-corrected chi connectivity index (χ0v) is 16.8. The summed E-state index contributed by atoms with van der Waals surface area (Å²) in [5, 5.41) is 2.97. The highest BCUT2D eigenvalue weighted by Crippen LogP contribution is 2.21. The van der Waals surface area contributed by atoms with Gasteiger partial charge in [0.05, 0.1) is 11.3 Å². The van der Waals surface area contributed by atoms with E-state index < -0.39 is 10.0 Å². The third-order valence-electron chi connectivity index (χ3n) is 5.39. The molecule has 2 aliphatic rings. The third kappa shape index (κ3) is 5.66. The van der Waals surface area contributed by atoms with Crippen molar-refractivity contribution in [3.05, 3.63) is 41.5 Å². The van der Waals surface area contributed by atoms with E-state index in [1.54, 1.807) is 28.6 Å². The summed E-state index contributed by atoms with van der Waals surface area (Å²) < 4.78 is 26.9. The normalized spacial score (nSPS) is 18.7. The first-order valence-electron chi connectivity index (χ1n) is 10.1. The highest BCUT2D eigenvalue weighted by molar-refractivity contribution is 7.89. The number of carbonyl (C=O) groups is 1. The molecule has 27 heavy (non-hydrogen) atoms. The predicted molar refractivity (Wildman–Crippen MR) is 107 cm³/mol. The number of allylic oxidation sites excluding steroid dienone is 1. The number of piperidine rings is 1. The van der Waals surface area contributed by atoms with Crippen LogP contribution in [-0.2, 0) is 21.2 Å². The van der Waals surface area contributed by atoms with E-state index in [4.69, 9.17) is 0 Å². The Morgan fingerprint density at radius 2 is 1.74 bits per heavy atom. The third-order valence-corrected chi connectivity index (χ3v) is 7.31. The first-order valence-corrected chi connectivity index (χ1v) is 11.5. The van der Waals surface area contributed by atoms with Crippen LogP contribution in [0.25, 0.3) is 0 Å². The quantitative estimate of drug-likeness (QED) is 0.726. The maximum atomic E-state index is 12.7. The second kappa shape index (κ2) is 9.51. The van der Waals surface area contributed by atoms with Crippen LogP contribution in [0.2, 0.25) is 0 Å². The molecule has 148 valence electrons. The summed E-state index contributed by atoms with van der Waals surface area (Å²) in [6.45, 7) is 1.87. The smallest absolute Gasteiger partial charge is 0.243 e. The molecule has 6 heteroatoms. The molecule has 1 amide bonds. The number of benzene rings is 1. The summed E-state index contributed by atoms with van der Waals surface area (Å²) in [5.74, 6) is -0.0157. The molecule has 1 saturated heterocycles. The fourth-order valence-corrected chi connectivity index (χ4v) is 5.29. The van der Waals surface area contributed by atoms with Gasteiger partial charge in [0.25, 0.3) is 0 Å². The molecule has 1 N–H and O–H groups in total. The fourth-order valence-electron chi connectivity index (χ4n) is 3.78. The minimum atomic E-state index is -3.41. The number of hydrogen-bond donors (Lipinski definition) is 1. The van der Waals surface area contributed by atoms with E-state index in [-0.39, 0.29) is 12.3 Å². The van der Waals surface area contributed by atoms with Gasteiger partial charge < -0.3 is 5.32 Å². The average Bonchev–Trinajstić information content (AvgIpc) is 2.70. The fraction of sp³-hybridized carbons (Fsp3) is 0.571. The topological polar surface area (TPSA) is 66.5 Å². The van der Waals surface area contributed by atoms with Gasteiger partial charge in [0.2, 0.25) is 15.9 Å². The molecule has 0 unspecified atom stereocenters. The highest BCUT2D eigenvalue weighted by Gasteiger charge is 2.25. The first-order chi connectivity index (χ1) is 13.1. The average molecular weight is 391 g/mol. The maximum Gasteiger partial charge on any atom is 0.243 e. The second-order valence-electron chi connectivity index (χ2n) is 7.49. The number of sulfonamides is 1. The minimum absolute atomic E-state index is 0.0157. The number of nitrogens with one attached hydrogen (secondary N) is 1. The van der Waals surface area contributed by atoms with Crippen LogP contribution in [0.4, 0.5) is 0 Å². The van der Waals surface area contributed by atoms with Gasteiger partial charge in [0.15, 0.2) is 0 Å². The van der Waals surface area contributed by atoms with Gasteiger partial charge in [-0.15, -0.1) is 0 Å². The summed E-state index contributed by atoms with van der Waals surface area (Å²) in [6, 6.07) is 6.75. The van der Waals surface area contributed by atoms with E-state index in [1.807, 2.05) is 0 Å². The van der Waals surface area contributed by atoms with Crippen LogP contribution >= 0.6 is 0 Å². The van der Waals surface area contributed by atoms with Crippen molar-refractivity contribution in [3.63, 3.8) is 0 Å². The van der Waals surface area contributed by atoms with E-state index in [9.17, 15) is 13.2 Å². The van der Waals surface area contributed by atoms with Crippen LogP contribution in [0, 0.1) is 0 Å². The molecule has 1 fully saturated rings. The van der Waals surface area contributed by atoms with Crippen molar-refractivity contribution in [2.75, 3.05) is 19.6 Å². The summed E-state index contributed by atoms with van der Waals surface area (Å²) in [4.78, 5) is 12.4. The number of hydrogen-bond acceptors (Lipinski definition) is 3. The molecule has 0 bridgehead atoms. The van der Waals surface area contributed by atoms with Crippen LogP contribution in [0.3, 0.4) is 0 Å². The maximum absolute atomic E-state index is 12.7. The Balaban J connectivity index is 1.49. The van der Waals surface area contributed by atoms with Gasteiger partial charge >= 0.3 is 0 Å². The monoisotopic (exact) mass is 390 g/mol. The molecule has 5 nitrogen and oxygen atoms in total. The zero-order valence-electron chi connectivity index (χ0n) is 16.0. The lowest BCUT2D eigenvalue weighted by molar-refractivity contribution is -0.120. The largest absolute Gasteiger partial charge is 0.355 e. The van der Waals surface area contributed by atoms with E-state index >= 15 is 0 Å². The van der Waals surface area contributed by atoms with Gasteiger partial charge in [-0.25, -0.2) is 8.42 Å². The molecule has 1 aromatic carbocycles. The van der Waals surface area contributed by atoms with Gasteiger partial charge in [0, 0.05) is 19.6 Å². The van der Waals surface area contributed by atoms with Gasteiger partial charge in [-0.05, 0) is 62.6 Å². The first kappa shape index (κ1) is 20.1. The lowest BCUT2D eigenvalue weighted by Crippen LogP contribution is -2.35. The van der Waals surface area contributed by atoms with E-state index in [1.165, 1.54) is 18.4 Å². The van der Waals surface area contributed by atoms with Crippen LogP contribution in [0.5, 0.6) is 0 Å². The van der Waals surface area contributed by atoms with Crippen molar-refractivity contribution in [2.45, 2.75) is 62.7 Å². The number of rotatable bonds is 7. The Labute approximate surface area is 162 Å².